The molecular formula is C15H24N2S. The van der Waals surface area contributed by atoms with Gasteiger partial charge in [0.15, 0.2) is 0 Å². The van der Waals surface area contributed by atoms with Gasteiger partial charge in [-0.1, -0.05) is 43.7 Å². The molecule has 2 N–H and O–H groups in total. The van der Waals surface area contributed by atoms with Crippen molar-refractivity contribution in [3.05, 3.63) is 35.4 Å². The summed E-state index contributed by atoms with van der Waals surface area (Å²) >= 11 is 2.09. The summed E-state index contributed by atoms with van der Waals surface area (Å²) in [5, 5.41) is 1.40. The molecule has 2 rings (SSSR count). The first-order valence-electron chi connectivity index (χ1n) is 6.76. The SMILES string of the molecule is Cc1ccc(C(CN)N2CC(C)SC(C)C2)cc1. The molecule has 3 atom stereocenters. The lowest BCUT2D eigenvalue weighted by molar-refractivity contribution is 0.199. The highest BCUT2D eigenvalue weighted by atomic mass is 32.2. The Kier molecular flexibility index (Phi) is 4.71. The minimum Gasteiger partial charge on any atom is -0.329 e. The van der Waals surface area contributed by atoms with Crippen molar-refractivity contribution in [2.24, 2.45) is 5.73 Å². The molecule has 1 aliphatic rings. The molecular weight excluding hydrogens is 240 g/mol. The van der Waals surface area contributed by atoms with Gasteiger partial charge in [0.05, 0.1) is 0 Å². The minimum atomic E-state index is 0.372. The quantitative estimate of drug-likeness (QED) is 0.910. The fraction of sp³-hybridized carbons (Fsp3) is 0.600. The molecule has 3 unspecified atom stereocenters. The molecule has 3 heteroatoms. The van der Waals surface area contributed by atoms with Crippen LogP contribution in [0.15, 0.2) is 24.3 Å². The van der Waals surface area contributed by atoms with Gasteiger partial charge in [0.25, 0.3) is 0 Å². The van der Waals surface area contributed by atoms with Gasteiger partial charge in [-0.25, -0.2) is 0 Å². The van der Waals surface area contributed by atoms with Crippen molar-refractivity contribution in [3.8, 4) is 0 Å². The summed E-state index contributed by atoms with van der Waals surface area (Å²) in [6.07, 6.45) is 0. The van der Waals surface area contributed by atoms with Gasteiger partial charge in [-0.05, 0) is 12.5 Å². The number of nitrogens with zero attached hydrogens (tertiary/aromatic N) is 1. The Balaban J connectivity index is 2.14. The van der Waals surface area contributed by atoms with Gasteiger partial charge in [0.2, 0.25) is 0 Å². The molecule has 1 aromatic carbocycles. The number of hydrogen-bond acceptors (Lipinski definition) is 3. The maximum Gasteiger partial charge on any atom is 0.0471 e. The highest BCUT2D eigenvalue weighted by Gasteiger charge is 2.27. The Morgan fingerprint density at radius 1 is 1.22 bits per heavy atom. The minimum absolute atomic E-state index is 0.372. The number of nitrogens with two attached hydrogens (primary N) is 1. The van der Waals surface area contributed by atoms with Crippen LogP contribution < -0.4 is 5.73 Å². The Hall–Kier alpha value is -0.510. The lowest BCUT2D eigenvalue weighted by Crippen LogP contribution is -2.44. The summed E-state index contributed by atoms with van der Waals surface area (Å²) in [6.45, 7) is 9.75. The van der Waals surface area contributed by atoms with Gasteiger partial charge in [-0.3, -0.25) is 4.90 Å². The van der Waals surface area contributed by atoms with E-state index in [1.54, 1.807) is 0 Å². The van der Waals surface area contributed by atoms with E-state index in [2.05, 4.69) is 61.7 Å². The van der Waals surface area contributed by atoms with Gasteiger partial charge >= 0.3 is 0 Å². The molecule has 1 saturated heterocycles. The standard InChI is InChI=1S/C15H24N2S/c1-11-4-6-14(7-5-11)15(8-16)17-9-12(2)18-13(3)10-17/h4-7,12-13,15H,8-10,16H2,1-3H3. The van der Waals surface area contributed by atoms with Crippen molar-refractivity contribution in [1.29, 1.82) is 0 Å². The molecule has 0 saturated carbocycles. The highest BCUT2D eigenvalue weighted by Crippen LogP contribution is 2.30. The van der Waals surface area contributed by atoms with E-state index in [1.165, 1.54) is 11.1 Å². The molecule has 2 nitrogen and oxygen atoms in total. The van der Waals surface area contributed by atoms with Crippen molar-refractivity contribution in [3.63, 3.8) is 0 Å². The van der Waals surface area contributed by atoms with Crippen LogP contribution in [0.4, 0.5) is 0 Å². The van der Waals surface area contributed by atoms with Gasteiger partial charge < -0.3 is 5.73 Å². The average Bonchev–Trinajstić information content (AvgIpc) is 2.31. The van der Waals surface area contributed by atoms with Crippen LogP contribution in [0.2, 0.25) is 0 Å². The molecule has 0 bridgehead atoms. The fourth-order valence-electron chi connectivity index (χ4n) is 2.76. The molecule has 1 aromatic rings. The van der Waals surface area contributed by atoms with Crippen LogP contribution in [0.5, 0.6) is 0 Å². The second-order valence-electron chi connectivity index (χ2n) is 5.37. The fourth-order valence-corrected chi connectivity index (χ4v) is 4.10. The first-order chi connectivity index (χ1) is 8.60. The third-order valence-electron chi connectivity index (χ3n) is 3.57. The van der Waals surface area contributed by atoms with Crippen molar-refractivity contribution < 1.29 is 0 Å². The van der Waals surface area contributed by atoms with E-state index in [0.717, 1.165) is 13.1 Å². The number of rotatable bonds is 3. The smallest absolute Gasteiger partial charge is 0.0471 e. The summed E-state index contributed by atoms with van der Waals surface area (Å²) in [7, 11) is 0. The van der Waals surface area contributed by atoms with Gasteiger partial charge in [0, 0.05) is 36.2 Å². The van der Waals surface area contributed by atoms with Crippen molar-refractivity contribution in [1.82, 2.24) is 4.90 Å². The zero-order chi connectivity index (χ0) is 13.1. The molecule has 1 aliphatic heterocycles. The largest absolute Gasteiger partial charge is 0.329 e. The average molecular weight is 264 g/mol. The van der Waals surface area contributed by atoms with Crippen molar-refractivity contribution in [2.45, 2.75) is 37.3 Å². The monoisotopic (exact) mass is 264 g/mol. The number of aryl methyl sites for hydroxylation is 1. The summed E-state index contributed by atoms with van der Waals surface area (Å²) in [4.78, 5) is 2.55. The predicted molar refractivity (Wildman–Crippen MR) is 81.1 cm³/mol. The second-order valence-corrected chi connectivity index (χ2v) is 7.26. The first-order valence-corrected chi connectivity index (χ1v) is 7.70. The van der Waals surface area contributed by atoms with Crippen LogP contribution in [-0.2, 0) is 0 Å². The Morgan fingerprint density at radius 2 is 1.78 bits per heavy atom. The molecule has 18 heavy (non-hydrogen) atoms. The molecule has 100 valence electrons. The van der Waals surface area contributed by atoms with Crippen molar-refractivity contribution in [2.75, 3.05) is 19.6 Å². The van der Waals surface area contributed by atoms with Crippen LogP contribution in [0.25, 0.3) is 0 Å². The number of benzene rings is 1. The third-order valence-corrected chi connectivity index (χ3v) is 4.80. The maximum absolute atomic E-state index is 6.02. The molecule has 1 heterocycles. The van der Waals surface area contributed by atoms with Gasteiger partial charge in [-0.2, -0.15) is 11.8 Å². The van der Waals surface area contributed by atoms with E-state index in [0.29, 0.717) is 23.1 Å². The number of thioether (sulfide) groups is 1. The zero-order valence-corrected chi connectivity index (χ0v) is 12.4. The maximum atomic E-state index is 6.02. The summed E-state index contributed by atoms with van der Waals surface area (Å²) in [5.41, 5.74) is 8.68. The van der Waals surface area contributed by atoms with Gasteiger partial charge in [0.1, 0.15) is 0 Å². The summed E-state index contributed by atoms with van der Waals surface area (Å²) in [6, 6.07) is 9.19. The summed E-state index contributed by atoms with van der Waals surface area (Å²) < 4.78 is 0. The second kappa shape index (κ2) is 6.09. The van der Waals surface area contributed by atoms with Crippen molar-refractivity contribution >= 4 is 11.8 Å². The van der Waals surface area contributed by atoms with E-state index in [1.807, 2.05) is 0 Å². The molecule has 0 aliphatic carbocycles. The van der Waals surface area contributed by atoms with E-state index in [-0.39, 0.29) is 0 Å². The topological polar surface area (TPSA) is 29.3 Å². The van der Waals surface area contributed by atoms with Crippen LogP contribution in [0.3, 0.4) is 0 Å². The Labute approximate surface area is 115 Å². The summed E-state index contributed by atoms with van der Waals surface area (Å²) in [5.74, 6) is 0. The number of hydrogen-bond donors (Lipinski definition) is 1. The van der Waals surface area contributed by atoms with Crippen LogP contribution in [0.1, 0.15) is 31.0 Å². The van der Waals surface area contributed by atoms with E-state index in [9.17, 15) is 0 Å². The molecule has 0 radical (unpaired) electrons. The lowest BCUT2D eigenvalue weighted by atomic mass is 10.0. The van der Waals surface area contributed by atoms with Gasteiger partial charge in [-0.15, -0.1) is 0 Å². The molecule has 0 amide bonds. The first kappa shape index (κ1) is 13.9. The highest BCUT2D eigenvalue weighted by molar-refractivity contribution is 8.00. The molecule has 0 spiro atoms. The third kappa shape index (κ3) is 3.28. The normalized spacial score (nSPS) is 27.1. The Bertz CT molecular complexity index is 367. The molecule has 0 aromatic heterocycles. The van der Waals surface area contributed by atoms with E-state index >= 15 is 0 Å². The van der Waals surface area contributed by atoms with E-state index in [4.69, 9.17) is 5.73 Å². The lowest BCUT2D eigenvalue weighted by Gasteiger charge is -2.39. The van der Waals surface area contributed by atoms with Crippen LogP contribution >= 0.6 is 11.8 Å². The van der Waals surface area contributed by atoms with Crippen LogP contribution in [-0.4, -0.2) is 35.0 Å². The van der Waals surface area contributed by atoms with E-state index < -0.39 is 0 Å². The Morgan fingerprint density at radius 3 is 2.28 bits per heavy atom. The zero-order valence-electron chi connectivity index (χ0n) is 11.6. The predicted octanol–water partition coefficient (Wildman–Crippen LogP) is 2.82. The molecule has 1 fully saturated rings. The van der Waals surface area contributed by atoms with Crippen LogP contribution in [0, 0.1) is 6.92 Å².